The number of ether oxygens (including phenoxy) is 4. The predicted molar refractivity (Wildman–Crippen MR) is 121 cm³/mol. The number of nitrogens with zero attached hydrogens (tertiary/aromatic N) is 1. The van der Waals surface area contributed by atoms with Gasteiger partial charge < -0.3 is 28.3 Å². The van der Waals surface area contributed by atoms with Crippen LogP contribution in [-0.4, -0.2) is 83.5 Å². The molecule has 0 saturated carbocycles. The Labute approximate surface area is 196 Å². The highest BCUT2D eigenvalue weighted by atomic mass is 28.3. The second kappa shape index (κ2) is 17.8. The second-order valence-electron chi connectivity index (χ2n) is 7.42. The minimum absolute atomic E-state index is 0.0561. The topological polar surface area (TPSA) is 126 Å². The van der Waals surface area contributed by atoms with Crippen molar-refractivity contribution in [1.82, 2.24) is 4.90 Å². The molecule has 186 valence electrons. The number of carbonyl (C=O) groups excluding carboxylic acids is 4. The fourth-order valence-corrected chi connectivity index (χ4v) is 3.01. The molecule has 0 bridgehead atoms. The average Bonchev–Trinajstić information content (AvgIpc) is 2.74. The lowest BCUT2D eigenvalue weighted by Gasteiger charge is -2.21. The molecule has 10 nitrogen and oxygen atoms in total. The molecule has 0 heterocycles. The van der Waals surface area contributed by atoms with Crippen LogP contribution in [0.25, 0.3) is 0 Å². The third-order valence-electron chi connectivity index (χ3n) is 4.12. The highest BCUT2D eigenvalue weighted by Crippen LogP contribution is 2.03. The van der Waals surface area contributed by atoms with Crippen LogP contribution in [0.5, 0.6) is 0 Å². The Morgan fingerprint density at radius 2 is 1.12 bits per heavy atom. The molecule has 0 radical (unpaired) electrons. The molecular weight excluding hydrogens is 450 g/mol. The van der Waals surface area contributed by atoms with Crippen LogP contribution in [0, 0.1) is 0 Å². The fourth-order valence-electron chi connectivity index (χ4n) is 2.36. The predicted octanol–water partition coefficient (Wildman–Crippen LogP) is 1.84. The molecule has 0 saturated heterocycles. The summed E-state index contributed by atoms with van der Waals surface area (Å²) in [6.45, 7) is 12.7. The van der Waals surface area contributed by atoms with E-state index in [-0.39, 0.29) is 50.4 Å². The highest BCUT2D eigenvalue weighted by molar-refractivity contribution is 6.40. The largest absolute Gasteiger partial charge is 0.462 e. The quantitative estimate of drug-likeness (QED) is 0.0933. The number of rotatable bonds is 18. The van der Waals surface area contributed by atoms with Gasteiger partial charge in [0.2, 0.25) is 0 Å². The summed E-state index contributed by atoms with van der Waals surface area (Å²) in [5, 5.41) is 0. The second-order valence-corrected chi connectivity index (χ2v) is 9.32. The zero-order valence-corrected chi connectivity index (χ0v) is 20.8. The van der Waals surface area contributed by atoms with Crippen LogP contribution in [-0.2, 0) is 42.6 Å². The first-order valence-electron chi connectivity index (χ1n) is 10.7. The number of hydrogen-bond acceptors (Lipinski definition) is 10. The van der Waals surface area contributed by atoms with Crippen LogP contribution in [0.4, 0.5) is 0 Å². The van der Waals surface area contributed by atoms with Gasteiger partial charge in [-0.2, -0.15) is 0 Å². The van der Waals surface area contributed by atoms with Gasteiger partial charge in [-0.15, -0.1) is 0 Å². The molecular formula is C22H35NO9Si. The molecule has 33 heavy (non-hydrogen) atoms. The molecule has 0 unspecified atom stereocenters. The maximum absolute atomic E-state index is 11.9. The molecule has 0 spiro atoms. The lowest BCUT2D eigenvalue weighted by atomic mass is 10.3. The summed E-state index contributed by atoms with van der Waals surface area (Å²) in [5.41, 5.74) is 0.524. The van der Waals surface area contributed by atoms with Crippen molar-refractivity contribution in [3.05, 3.63) is 24.3 Å². The summed E-state index contributed by atoms with van der Waals surface area (Å²) >= 11 is 0. The van der Waals surface area contributed by atoms with Crippen LogP contribution < -0.4 is 0 Å². The SMILES string of the molecule is C=C(C)C(=O)OCCOC(=O)CCN(CCC[Si](C)=O)CCC(=O)OCCOC(=O)C(=C)C. The Kier molecular flexibility index (Phi) is 16.4. The monoisotopic (exact) mass is 485 g/mol. The third-order valence-corrected chi connectivity index (χ3v) is 5.18. The molecule has 0 aromatic rings. The van der Waals surface area contributed by atoms with Crippen molar-refractivity contribution in [2.45, 2.75) is 45.7 Å². The number of esters is 4. The van der Waals surface area contributed by atoms with Crippen molar-refractivity contribution in [1.29, 1.82) is 0 Å². The van der Waals surface area contributed by atoms with Gasteiger partial charge in [-0.25, -0.2) is 9.59 Å². The Bertz CT molecular complexity index is 671. The molecule has 0 fully saturated rings. The molecule has 0 aliphatic carbocycles. The summed E-state index contributed by atoms with van der Waals surface area (Å²) in [4.78, 5) is 48.3. The molecule has 0 aliphatic heterocycles. The van der Waals surface area contributed by atoms with Crippen LogP contribution in [0.15, 0.2) is 24.3 Å². The molecule has 0 N–H and O–H groups in total. The van der Waals surface area contributed by atoms with Gasteiger partial charge in [0.15, 0.2) is 0 Å². The molecule has 0 aliphatic rings. The average molecular weight is 486 g/mol. The first-order chi connectivity index (χ1) is 15.5. The fraction of sp³-hybridized carbons (Fsp3) is 0.636. The lowest BCUT2D eigenvalue weighted by Crippen LogP contribution is -2.31. The Morgan fingerprint density at radius 1 is 0.727 bits per heavy atom. The van der Waals surface area contributed by atoms with Crippen molar-refractivity contribution in [3.8, 4) is 0 Å². The summed E-state index contributed by atoms with van der Waals surface area (Å²) in [5.74, 6) is -2.02. The lowest BCUT2D eigenvalue weighted by molar-refractivity contribution is -0.151. The Balaban J connectivity index is 4.31. The van der Waals surface area contributed by atoms with Crippen molar-refractivity contribution < 1.29 is 42.6 Å². The van der Waals surface area contributed by atoms with Gasteiger partial charge in [-0.3, -0.25) is 9.59 Å². The van der Waals surface area contributed by atoms with E-state index in [4.69, 9.17) is 18.9 Å². The maximum atomic E-state index is 11.9. The van der Waals surface area contributed by atoms with Crippen molar-refractivity contribution in [2.75, 3.05) is 46.1 Å². The zero-order chi connectivity index (χ0) is 25.2. The molecule has 11 heteroatoms. The normalized spacial score (nSPS) is 10.3. The summed E-state index contributed by atoms with van der Waals surface area (Å²) < 4.78 is 31.1. The first-order valence-corrected chi connectivity index (χ1v) is 12.8. The molecule has 0 atom stereocenters. The summed E-state index contributed by atoms with van der Waals surface area (Å²) in [6, 6.07) is 0.582. The number of hydrogen-bond donors (Lipinski definition) is 0. The Morgan fingerprint density at radius 3 is 1.48 bits per heavy atom. The minimum Gasteiger partial charge on any atom is -0.462 e. The maximum Gasteiger partial charge on any atom is 0.333 e. The summed E-state index contributed by atoms with van der Waals surface area (Å²) in [7, 11) is -1.60. The van der Waals surface area contributed by atoms with E-state index in [9.17, 15) is 23.6 Å². The zero-order valence-electron chi connectivity index (χ0n) is 19.8. The third kappa shape index (κ3) is 17.6. The van der Waals surface area contributed by atoms with E-state index in [0.29, 0.717) is 32.1 Å². The molecule has 0 aromatic carbocycles. The van der Waals surface area contributed by atoms with E-state index in [2.05, 4.69) is 13.2 Å². The van der Waals surface area contributed by atoms with Crippen LogP contribution in [0.3, 0.4) is 0 Å². The van der Waals surface area contributed by atoms with E-state index in [0.717, 1.165) is 0 Å². The molecule has 0 rings (SSSR count). The van der Waals surface area contributed by atoms with E-state index >= 15 is 0 Å². The first kappa shape index (κ1) is 30.3. The van der Waals surface area contributed by atoms with E-state index in [1.807, 2.05) is 4.90 Å². The van der Waals surface area contributed by atoms with Crippen molar-refractivity contribution >= 4 is 32.6 Å². The van der Waals surface area contributed by atoms with E-state index < -0.39 is 32.6 Å². The van der Waals surface area contributed by atoms with Crippen molar-refractivity contribution in [3.63, 3.8) is 0 Å². The Hall–Kier alpha value is -2.66. The van der Waals surface area contributed by atoms with E-state index in [1.54, 1.807) is 6.55 Å². The molecule has 0 amide bonds. The van der Waals surface area contributed by atoms with Gasteiger partial charge >= 0.3 is 23.9 Å². The van der Waals surface area contributed by atoms with Gasteiger partial charge in [0, 0.05) is 24.2 Å². The van der Waals surface area contributed by atoms with Gasteiger partial charge in [0.05, 0.1) is 12.8 Å². The smallest absolute Gasteiger partial charge is 0.333 e. The van der Waals surface area contributed by atoms with E-state index in [1.165, 1.54) is 13.8 Å². The van der Waals surface area contributed by atoms with Crippen LogP contribution >= 0.6 is 0 Å². The van der Waals surface area contributed by atoms with Gasteiger partial charge in [-0.05, 0) is 39.4 Å². The minimum atomic E-state index is -1.60. The molecule has 0 aromatic heterocycles. The van der Waals surface area contributed by atoms with Gasteiger partial charge in [0.1, 0.15) is 26.4 Å². The highest BCUT2D eigenvalue weighted by Gasteiger charge is 2.13. The number of carbonyl (C=O) groups is 4. The summed E-state index contributed by atoms with van der Waals surface area (Å²) in [6.07, 6.45) is 0.843. The van der Waals surface area contributed by atoms with Crippen molar-refractivity contribution in [2.24, 2.45) is 0 Å². The van der Waals surface area contributed by atoms with Gasteiger partial charge in [0.25, 0.3) is 8.68 Å². The van der Waals surface area contributed by atoms with Gasteiger partial charge in [-0.1, -0.05) is 13.2 Å². The standard InChI is InChI=1S/C22H35NO9Si/c1-17(2)21(26)31-14-12-29-19(24)7-10-23(9-6-16-33(5)28)11-8-20(25)30-13-15-32-22(27)18(3)4/h1,3,6-16H2,2,4-5H3. The van der Waals surface area contributed by atoms with Crippen LogP contribution in [0.1, 0.15) is 33.1 Å². The van der Waals surface area contributed by atoms with Crippen LogP contribution in [0.2, 0.25) is 12.6 Å².